The van der Waals surface area contributed by atoms with Crippen molar-refractivity contribution in [1.29, 1.82) is 0 Å². The third-order valence-corrected chi connectivity index (χ3v) is 4.35. The van der Waals surface area contributed by atoms with Gasteiger partial charge in [-0.25, -0.2) is 4.79 Å². The van der Waals surface area contributed by atoms with E-state index in [1.807, 2.05) is 24.3 Å². The van der Waals surface area contributed by atoms with E-state index in [2.05, 4.69) is 20.8 Å². The Kier molecular flexibility index (Phi) is 6.45. The summed E-state index contributed by atoms with van der Waals surface area (Å²) >= 11 is 0. The number of hydrogen-bond acceptors (Lipinski definition) is 3. The molecule has 0 aliphatic carbocycles. The van der Waals surface area contributed by atoms with E-state index in [1.54, 1.807) is 25.3 Å². The maximum absolute atomic E-state index is 11.1. The number of rotatable bonds is 8. The first-order valence-electron chi connectivity index (χ1n) is 8.56. The number of methoxy groups -OCH3 is 1. The summed E-state index contributed by atoms with van der Waals surface area (Å²) in [5.41, 5.74) is 2.46. The van der Waals surface area contributed by atoms with Gasteiger partial charge in [0.05, 0.1) is 19.3 Å². The monoisotopic (exact) mass is 342 g/mol. The largest absolute Gasteiger partial charge is 0.496 e. The highest BCUT2D eigenvalue weighted by molar-refractivity contribution is 5.87. The number of carbonyl (C=O) groups is 1. The Morgan fingerprint density at radius 1 is 1.12 bits per heavy atom. The van der Waals surface area contributed by atoms with Gasteiger partial charge in [-0.2, -0.15) is 0 Å². The Morgan fingerprint density at radius 3 is 2.52 bits per heavy atom. The van der Waals surface area contributed by atoms with Gasteiger partial charge >= 0.3 is 5.97 Å². The maximum Gasteiger partial charge on any atom is 0.335 e. The van der Waals surface area contributed by atoms with E-state index in [0.717, 1.165) is 29.0 Å². The van der Waals surface area contributed by atoms with Crippen molar-refractivity contribution in [3.05, 3.63) is 59.2 Å². The molecule has 134 valence electrons. The molecular formula is C21H26O4. The van der Waals surface area contributed by atoms with Crippen LogP contribution in [0.15, 0.2) is 42.5 Å². The smallest absolute Gasteiger partial charge is 0.335 e. The third kappa shape index (κ3) is 4.99. The summed E-state index contributed by atoms with van der Waals surface area (Å²) in [6.07, 6.45) is 0.812. The molecule has 0 bridgehead atoms. The molecule has 1 unspecified atom stereocenters. The Hall–Kier alpha value is -2.49. The van der Waals surface area contributed by atoms with Crippen molar-refractivity contribution in [3.8, 4) is 11.5 Å². The fourth-order valence-corrected chi connectivity index (χ4v) is 2.75. The van der Waals surface area contributed by atoms with E-state index in [4.69, 9.17) is 14.6 Å². The normalized spacial score (nSPS) is 12.0. The van der Waals surface area contributed by atoms with Gasteiger partial charge in [-0.15, -0.1) is 0 Å². The molecule has 25 heavy (non-hydrogen) atoms. The summed E-state index contributed by atoms with van der Waals surface area (Å²) in [5, 5.41) is 9.09. The highest BCUT2D eigenvalue weighted by Gasteiger charge is 2.11. The molecule has 1 atom stereocenters. The van der Waals surface area contributed by atoms with Crippen molar-refractivity contribution in [2.45, 2.75) is 39.0 Å². The molecule has 4 nitrogen and oxygen atoms in total. The van der Waals surface area contributed by atoms with Gasteiger partial charge in [0.25, 0.3) is 0 Å². The van der Waals surface area contributed by atoms with Crippen LogP contribution in [0.2, 0.25) is 0 Å². The average molecular weight is 342 g/mol. The van der Waals surface area contributed by atoms with Crippen molar-refractivity contribution < 1.29 is 19.4 Å². The van der Waals surface area contributed by atoms with Gasteiger partial charge < -0.3 is 14.6 Å². The molecule has 0 radical (unpaired) electrons. The minimum absolute atomic E-state index is 0.224. The maximum atomic E-state index is 11.1. The molecule has 0 heterocycles. The van der Waals surface area contributed by atoms with E-state index in [1.165, 1.54) is 0 Å². The zero-order chi connectivity index (χ0) is 18.4. The highest BCUT2D eigenvalue weighted by atomic mass is 16.5. The molecule has 2 aromatic rings. The van der Waals surface area contributed by atoms with Gasteiger partial charge in [0.1, 0.15) is 11.5 Å². The van der Waals surface area contributed by atoms with Crippen LogP contribution >= 0.6 is 0 Å². The minimum atomic E-state index is -0.898. The summed E-state index contributed by atoms with van der Waals surface area (Å²) in [4.78, 5) is 11.1. The van der Waals surface area contributed by atoms with Gasteiger partial charge in [0.2, 0.25) is 0 Å². The SMILES string of the molecule is COc1ccc(OCCC(C)c2cccc(C(=O)O)c2)cc1C(C)C. The Morgan fingerprint density at radius 2 is 1.88 bits per heavy atom. The van der Waals surface area contributed by atoms with Crippen LogP contribution in [-0.2, 0) is 0 Å². The van der Waals surface area contributed by atoms with Crippen LogP contribution in [0.5, 0.6) is 11.5 Å². The van der Waals surface area contributed by atoms with E-state index < -0.39 is 5.97 Å². The number of ether oxygens (including phenoxy) is 2. The number of benzene rings is 2. The molecule has 0 aromatic heterocycles. The first-order valence-corrected chi connectivity index (χ1v) is 8.56. The fraction of sp³-hybridized carbons (Fsp3) is 0.381. The molecule has 0 aliphatic heterocycles. The number of carboxylic acid groups (broad SMARTS) is 1. The second-order valence-corrected chi connectivity index (χ2v) is 6.53. The van der Waals surface area contributed by atoms with Crippen LogP contribution in [0.25, 0.3) is 0 Å². The summed E-state index contributed by atoms with van der Waals surface area (Å²) < 4.78 is 11.3. The van der Waals surface area contributed by atoms with Gasteiger partial charge in [0, 0.05) is 5.56 Å². The third-order valence-electron chi connectivity index (χ3n) is 4.35. The van der Waals surface area contributed by atoms with Crippen LogP contribution in [0.1, 0.15) is 60.5 Å². The molecule has 0 saturated carbocycles. The molecule has 0 saturated heterocycles. The summed E-state index contributed by atoms with van der Waals surface area (Å²) in [7, 11) is 1.68. The Balaban J connectivity index is 1.97. The minimum Gasteiger partial charge on any atom is -0.496 e. The molecule has 2 aromatic carbocycles. The quantitative estimate of drug-likeness (QED) is 0.726. The lowest BCUT2D eigenvalue weighted by atomic mass is 9.96. The molecule has 0 amide bonds. The molecular weight excluding hydrogens is 316 g/mol. The number of aromatic carboxylic acids is 1. The van der Waals surface area contributed by atoms with Gasteiger partial charge in [-0.3, -0.25) is 0 Å². The van der Waals surface area contributed by atoms with Crippen molar-refractivity contribution in [1.82, 2.24) is 0 Å². The summed E-state index contributed by atoms with van der Waals surface area (Å²) in [5.74, 6) is 1.39. The zero-order valence-electron chi connectivity index (χ0n) is 15.3. The predicted octanol–water partition coefficient (Wildman–Crippen LogP) is 5.09. The highest BCUT2D eigenvalue weighted by Crippen LogP contribution is 2.30. The second-order valence-electron chi connectivity index (χ2n) is 6.53. The molecule has 0 fully saturated rings. The fourth-order valence-electron chi connectivity index (χ4n) is 2.75. The summed E-state index contributed by atoms with van der Waals surface area (Å²) in [6, 6.07) is 13.0. The van der Waals surface area contributed by atoms with E-state index >= 15 is 0 Å². The van der Waals surface area contributed by atoms with Gasteiger partial charge in [-0.1, -0.05) is 32.9 Å². The predicted molar refractivity (Wildman–Crippen MR) is 99.0 cm³/mol. The van der Waals surface area contributed by atoms with Crippen molar-refractivity contribution in [3.63, 3.8) is 0 Å². The molecule has 4 heteroatoms. The molecule has 2 rings (SSSR count). The van der Waals surface area contributed by atoms with Crippen molar-refractivity contribution in [2.24, 2.45) is 0 Å². The standard InChI is InChI=1S/C21H26O4/c1-14(2)19-13-18(8-9-20(19)24-4)25-11-10-15(3)16-6-5-7-17(12-16)21(22)23/h5-9,12-15H,10-11H2,1-4H3,(H,22,23). The van der Waals surface area contributed by atoms with E-state index in [9.17, 15) is 4.79 Å². The first kappa shape index (κ1) is 18.8. The Bertz CT molecular complexity index is 722. The number of hydrogen-bond donors (Lipinski definition) is 1. The van der Waals surface area contributed by atoms with Crippen molar-refractivity contribution >= 4 is 5.97 Å². The topological polar surface area (TPSA) is 55.8 Å². The zero-order valence-corrected chi connectivity index (χ0v) is 15.3. The van der Waals surface area contributed by atoms with Crippen LogP contribution in [0.3, 0.4) is 0 Å². The average Bonchev–Trinajstić information content (AvgIpc) is 2.61. The lowest BCUT2D eigenvalue weighted by molar-refractivity contribution is 0.0696. The lowest BCUT2D eigenvalue weighted by Crippen LogP contribution is -2.05. The first-order chi connectivity index (χ1) is 11.9. The van der Waals surface area contributed by atoms with Crippen LogP contribution in [0.4, 0.5) is 0 Å². The van der Waals surface area contributed by atoms with E-state index in [0.29, 0.717) is 18.1 Å². The van der Waals surface area contributed by atoms with Gasteiger partial charge in [-0.05, 0) is 54.2 Å². The van der Waals surface area contributed by atoms with Gasteiger partial charge in [0.15, 0.2) is 0 Å². The molecule has 0 aliphatic rings. The van der Waals surface area contributed by atoms with E-state index in [-0.39, 0.29) is 5.92 Å². The van der Waals surface area contributed by atoms with Crippen LogP contribution in [0, 0.1) is 0 Å². The second kappa shape index (κ2) is 8.56. The molecule has 1 N–H and O–H groups in total. The number of carboxylic acids is 1. The lowest BCUT2D eigenvalue weighted by Gasteiger charge is -2.16. The van der Waals surface area contributed by atoms with Crippen molar-refractivity contribution in [2.75, 3.05) is 13.7 Å². The molecule has 0 spiro atoms. The van der Waals surface area contributed by atoms with Crippen LogP contribution < -0.4 is 9.47 Å². The van der Waals surface area contributed by atoms with Crippen LogP contribution in [-0.4, -0.2) is 24.8 Å². The Labute approximate surface area is 149 Å². The summed E-state index contributed by atoms with van der Waals surface area (Å²) in [6.45, 7) is 6.90.